The minimum absolute atomic E-state index is 0.158. The lowest BCUT2D eigenvalue weighted by Crippen LogP contribution is -2.42. The number of likely N-dealkylation sites (N-methyl/N-ethyl adjacent to an activating group) is 2. The van der Waals surface area contributed by atoms with Crippen LogP contribution in [0.5, 0.6) is 0 Å². The van der Waals surface area contributed by atoms with Crippen molar-refractivity contribution in [3.05, 3.63) is 54.0 Å². The molecule has 1 aliphatic rings. The molecule has 0 aliphatic heterocycles. The highest BCUT2D eigenvalue weighted by Crippen LogP contribution is 2.29. The molecule has 0 radical (unpaired) electrons. The fourth-order valence-electron chi connectivity index (χ4n) is 2.33. The summed E-state index contributed by atoms with van der Waals surface area (Å²) in [4.78, 5) is 4.50. The van der Waals surface area contributed by atoms with E-state index in [4.69, 9.17) is 0 Å². The van der Waals surface area contributed by atoms with Crippen LogP contribution in [0.3, 0.4) is 0 Å². The van der Waals surface area contributed by atoms with Gasteiger partial charge in [-0.05, 0) is 38.1 Å². The van der Waals surface area contributed by atoms with Crippen molar-refractivity contribution in [2.75, 3.05) is 13.1 Å². The van der Waals surface area contributed by atoms with Gasteiger partial charge in [0.15, 0.2) is 0 Å². The predicted octanol–water partition coefficient (Wildman–Crippen LogP) is 2.34. The van der Waals surface area contributed by atoms with Gasteiger partial charge in [-0.2, -0.15) is 0 Å². The van der Waals surface area contributed by atoms with Gasteiger partial charge in [-0.1, -0.05) is 25.1 Å². The molecule has 0 fully saturated rings. The van der Waals surface area contributed by atoms with Crippen LogP contribution in [0, 0.1) is 0 Å². The van der Waals surface area contributed by atoms with Gasteiger partial charge in [0.05, 0.1) is 11.2 Å². The highest BCUT2D eigenvalue weighted by atomic mass is 15.0. The Bertz CT molecular complexity index is 436. The molecule has 0 aromatic carbocycles. The number of rotatable bonds is 5. The van der Waals surface area contributed by atoms with E-state index in [0.717, 1.165) is 25.2 Å². The Balaban J connectivity index is 2.24. The standard InChI is InChI=1S/C15H21N3/c1-3-16-13-8-10-15(11-9-13,18-4-2)14-7-5-6-12-17-14/h5-10,12,16,18H,3-4,11H2,1-2H3. The Hall–Kier alpha value is -1.61. The summed E-state index contributed by atoms with van der Waals surface area (Å²) < 4.78 is 0. The van der Waals surface area contributed by atoms with Crippen molar-refractivity contribution < 1.29 is 0 Å². The summed E-state index contributed by atoms with van der Waals surface area (Å²) in [5, 5.41) is 6.90. The minimum atomic E-state index is -0.158. The molecular formula is C15H21N3. The van der Waals surface area contributed by atoms with Crippen LogP contribution in [-0.4, -0.2) is 18.1 Å². The Morgan fingerprint density at radius 1 is 1.28 bits per heavy atom. The molecule has 96 valence electrons. The van der Waals surface area contributed by atoms with Gasteiger partial charge in [0.1, 0.15) is 0 Å². The molecule has 0 saturated heterocycles. The molecule has 1 atom stereocenters. The zero-order valence-electron chi connectivity index (χ0n) is 11.1. The first-order valence-corrected chi connectivity index (χ1v) is 6.60. The van der Waals surface area contributed by atoms with Gasteiger partial charge in [-0.3, -0.25) is 4.98 Å². The minimum Gasteiger partial charge on any atom is -0.386 e. The van der Waals surface area contributed by atoms with Crippen molar-refractivity contribution in [3.8, 4) is 0 Å². The van der Waals surface area contributed by atoms with E-state index >= 15 is 0 Å². The maximum absolute atomic E-state index is 4.50. The lowest BCUT2D eigenvalue weighted by Gasteiger charge is -2.33. The molecule has 2 N–H and O–H groups in total. The predicted molar refractivity (Wildman–Crippen MR) is 75.1 cm³/mol. The van der Waals surface area contributed by atoms with Crippen LogP contribution in [0.15, 0.2) is 48.3 Å². The van der Waals surface area contributed by atoms with E-state index in [0.29, 0.717) is 0 Å². The lowest BCUT2D eigenvalue weighted by atomic mass is 9.86. The maximum Gasteiger partial charge on any atom is 0.0833 e. The molecule has 1 aromatic rings. The van der Waals surface area contributed by atoms with Gasteiger partial charge in [-0.15, -0.1) is 0 Å². The number of hydrogen-bond acceptors (Lipinski definition) is 3. The van der Waals surface area contributed by atoms with Gasteiger partial charge >= 0.3 is 0 Å². The van der Waals surface area contributed by atoms with E-state index in [1.807, 2.05) is 18.3 Å². The molecule has 0 bridgehead atoms. The average Bonchev–Trinajstić information content (AvgIpc) is 2.43. The molecular weight excluding hydrogens is 222 g/mol. The molecule has 0 amide bonds. The van der Waals surface area contributed by atoms with Crippen LogP contribution in [0.1, 0.15) is 26.0 Å². The van der Waals surface area contributed by atoms with Crippen LogP contribution in [0.4, 0.5) is 0 Å². The van der Waals surface area contributed by atoms with E-state index in [1.54, 1.807) is 0 Å². The van der Waals surface area contributed by atoms with Crippen molar-refractivity contribution in [2.45, 2.75) is 25.8 Å². The number of nitrogens with zero attached hydrogens (tertiary/aromatic N) is 1. The quantitative estimate of drug-likeness (QED) is 0.833. The normalized spacial score (nSPS) is 22.7. The third kappa shape index (κ3) is 2.62. The first-order valence-electron chi connectivity index (χ1n) is 6.60. The Labute approximate surface area is 109 Å². The monoisotopic (exact) mass is 243 g/mol. The Morgan fingerprint density at radius 2 is 2.17 bits per heavy atom. The van der Waals surface area contributed by atoms with Crippen molar-refractivity contribution in [1.82, 2.24) is 15.6 Å². The largest absolute Gasteiger partial charge is 0.386 e. The number of pyridine rings is 1. The van der Waals surface area contributed by atoms with E-state index in [1.165, 1.54) is 5.70 Å². The van der Waals surface area contributed by atoms with Crippen LogP contribution in [0.25, 0.3) is 0 Å². The van der Waals surface area contributed by atoms with Gasteiger partial charge in [0.25, 0.3) is 0 Å². The molecule has 3 nitrogen and oxygen atoms in total. The fourth-order valence-corrected chi connectivity index (χ4v) is 2.33. The summed E-state index contributed by atoms with van der Waals surface area (Å²) in [6.07, 6.45) is 9.38. The topological polar surface area (TPSA) is 37.0 Å². The van der Waals surface area contributed by atoms with Crippen molar-refractivity contribution >= 4 is 0 Å². The Morgan fingerprint density at radius 3 is 2.72 bits per heavy atom. The number of allylic oxidation sites excluding steroid dienone is 1. The second kappa shape index (κ2) is 5.83. The molecule has 0 spiro atoms. The zero-order valence-corrected chi connectivity index (χ0v) is 11.1. The summed E-state index contributed by atoms with van der Waals surface area (Å²) in [5.74, 6) is 0. The van der Waals surface area contributed by atoms with E-state index in [2.05, 4.69) is 53.8 Å². The summed E-state index contributed by atoms with van der Waals surface area (Å²) in [5.41, 5.74) is 2.12. The molecule has 2 rings (SSSR count). The third-order valence-corrected chi connectivity index (χ3v) is 3.19. The van der Waals surface area contributed by atoms with E-state index in [9.17, 15) is 0 Å². The van der Waals surface area contributed by atoms with Crippen LogP contribution in [0.2, 0.25) is 0 Å². The highest BCUT2D eigenvalue weighted by molar-refractivity contribution is 5.34. The van der Waals surface area contributed by atoms with Crippen molar-refractivity contribution in [1.29, 1.82) is 0 Å². The lowest BCUT2D eigenvalue weighted by molar-refractivity contribution is 0.414. The van der Waals surface area contributed by atoms with E-state index < -0.39 is 0 Å². The van der Waals surface area contributed by atoms with Gasteiger partial charge in [-0.25, -0.2) is 0 Å². The maximum atomic E-state index is 4.50. The van der Waals surface area contributed by atoms with Crippen LogP contribution in [-0.2, 0) is 5.54 Å². The third-order valence-electron chi connectivity index (χ3n) is 3.19. The molecule has 1 heterocycles. The fraction of sp³-hybridized carbons (Fsp3) is 0.400. The Kier molecular flexibility index (Phi) is 4.15. The van der Waals surface area contributed by atoms with Crippen LogP contribution < -0.4 is 10.6 Å². The SMILES string of the molecule is CCNC1=CCC(NCC)(c2ccccn2)C=C1. The molecule has 3 heteroatoms. The van der Waals surface area contributed by atoms with Gasteiger partial charge in [0, 0.05) is 18.4 Å². The number of hydrogen-bond donors (Lipinski definition) is 2. The zero-order chi connectivity index (χ0) is 12.8. The second-order valence-corrected chi connectivity index (χ2v) is 4.44. The summed E-state index contributed by atoms with van der Waals surface area (Å²) in [6.45, 7) is 6.11. The van der Waals surface area contributed by atoms with E-state index in [-0.39, 0.29) is 5.54 Å². The molecule has 0 saturated carbocycles. The summed E-state index contributed by atoms with van der Waals surface area (Å²) in [7, 11) is 0. The average molecular weight is 243 g/mol. The van der Waals surface area contributed by atoms with Crippen molar-refractivity contribution in [3.63, 3.8) is 0 Å². The summed E-state index contributed by atoms with van der Waals surface area (Å²) >= 11 is 0. The smallest absolute Gasteiger partial charge is 0.0833 e. The first-order chi connectivity index (χ1) is 8.80. The molecule has 1 aromatic heterocycles. The van der Waals surface area contributed by atoms with Crippen molar-refractivity contribution in [2.24, 2.45) is 0 Å². The number of aromatic nitrogens is 1. The van der Waals surface area contributed by atoms with Gasteiger partial charge < -0.3 is 10.6 Å². The van der Waals surface area contributed by atoms with Gasteiger partial charge in [0.2, 0.25) is 0 Å². The molecule has 18 heavy (non-hydrogen) atoms. The first kappa shape index (κ1) is 12.8. The molecule has 1 unspecified atom stereocenters. The highest BCUT2D eigenvalue weighted by Gasteiger charge is 2.30. The number of nitrogens with one attached hydrogen (secondary N) is 2. The van der Waals surface area contributed by atoms with Crippen LogP contribution >= 0.6 is 0 Å². The summed E-state index contributed by atoms with van der Waals surface area (Å²) in [6, 6.07) is 6.08. The molecule has 1 aliphatic carbocycles. The second-order valence-electron chi connectivity index (χ2n) is 4.44.